The van der Waals surface area contributed by atoms with E-state index in [1.165, 1.54) is 20.8 Å². The monoisotopic (exact) mass is 1720 g/mol. The van der Waals surface area contributed by atoms with Gasteiger partial charge in [-0.05, 0) is 6.92 Å². The number of ether oxygens (including phenoxy) is 19. The first kappa shape index (κ1) is 96.8. The third kappa shape index (κ3) is 20.2. The van der Waals surface area contributed by atoms with E-state index in [0.29, 0.717) is 0 Å². The predicted octanol–water partition coefficient (Wildman–Crippen LogP) is -17.5. The molecule has 10 saturated heterocycles. The van der Waals surface area contributed by atoms with Crippen LogP contribution in [0.2, 0.25) is 0 Å². The van der Waals surface area contributed by atoms with Gasteiger partial charge >= 0.3 is 5.97 Å². The molecule has 0 aromatic rings. The van der Waals surface area contributed by atoms with E-state index >= 15 is 0 Å². The molecule has 49 nitrogen and oxygen atoms in total. The van der Waals surface area contributed by atoms with Crippen LogP contribution in [0.1, 0.15) is 41.0 Å². The minimum Gasteiger partial charge on any atom is -0.477 e. The number of hydrogen-bond acceptors (Lipinski definition) is 48. The number of carboxylic acids is 1. The van der Waals surface area contributed by atoms with Crippen LogP contribution < -0.4 is 5.73 Å². The minimum atomic E-state index is -2.94. The lowest BCUT2D eigenvalue weighted by Gasteiger charge is -2.51. The van der Waals surface area contributed by atoms with Gasteiger partial charge in [0.2, 0.25) is 0 Å². The average molecular weight is 1720 g/mol. The zero-order valence-corrected chi connectivity index (χ0v) is 63.9. The standard InChI is InChI=1S/C68H117NO48/c1-17-21(5)101-27(11-74)51(34(17)80)110-59-18(2)35(81)54(30(14-77)105-59)113-64-50(96)56(114-66-58(47(93)41(87)26(10-73)104-66)116-61-20(4)37(83)52(28(12-75)107-61)111-62-48(94)44(90)39(85)24(8-71)102-62)43(89)31(108-64)15-99-65-57(46(92)40(86)25(9-72)103-65)115-60-19(3)36(82)53(29(13-76)106-60)112-63-49(95)45(91)42(88)32(109-63)16-100-68(67(97)98)6-22(78)33(69)55(117-68)38(84)23(79)7-70/h17-66,70-96H,6-16,69H2,1-5H3,(H,97,98)/t17-,18+,19?,20?,21+,22-,23-,24?,25?,26-,27?,28?,29+,30?,31?,32?,33-,34?,35?,36?,37-,38-,39+,40-,41-,42+,43-,44?,45+,46?,47?,48+,49?,50-,51-,52-,53-,54-,55?,56?,57-,58?,59+,60+,61+,62+,63+,64+,65+,66-,68-/m1/s1. The Hall–Kier alpha value is -2.41. The molecule has 10 heterocycles. The summed E-state index contributed by atoms with van der Waals surface area (Å²) in [5.74, 6) is -9.43. The molecule has 0 spiro atoms. The molecule has 0 aromatic heterocycles. The Balaban J connectivity index is 0.893. The highest BCUT2D eigenvalue weighted by Gasteiger charge is 2.62. The quantitative estimate of drug-likeness (QED) is 0.0306. The Labute approximate surface area is 666 Å². The molecule has 30 N–H and O–H groups in total. The Kier molecular flexibility index (Phi) is 34.2. The maximum atomic E-state index is 12.8. The first-order valence-electron chi connectivity index (χ1n) is 38.5. The molecule has 682 valence electrons. The van der Waals surface area contributed by atoms with Crippen LogP contribution in [-0.2, 0) is 94.8 Å². The highest BCUT2D eigenvalue weighted by atomic mass is 16.8. The highest BCUT2D eigenvalue weighted by molar-refractivity contribution is 5.76. The fraction of sp³-hybridized carbons (Fsp3) is 0.985. The largest absolute Gasteiger partial charge is 0.477 e. The van der Waals surface area contributed by atoms with Crippen LogP contribution in [0.5, 0.6) is 0 Å². The number of aliphatic hydroxyl groups is 27. The molecular weight excluding hydrogens is 1600 g/mol. The maximum Gasteiger partial charge on any atom is 0.364 e. The second-order valence-corrected chi connectivity index (χ2v) is 31.4. The number of aliphatic hydroxyl groups excluding tert-OH is 27. The molecule has 10 aliphatic rings. The topological polar surface area (TPSA) is 785 Å². The summed E-state index contributed by atoms with van der Waals surface area (Å²) in [6.07, 6.45) is -85.6. The summed E-state index contributed by atoms with van der Waals surface area (Å²) in [5.41, 5.74) is 5.96. The van der Waals surface area contributed by atoms with Gasteiger partial charge in [-0.25, -0.2) is 4.79 Å². The summed E-state index contributed by atoms with van der Waals surface area (Å²) < 4.78 is 114. The molecule has 0 aliphatic carbocycles. The van der Waals surface area contributed by atoms with E-state index in [-0.39, 0.29) is 0 Å². The van der Waals surface area contributed by atoms with Crippen molar-refractivity contribution in [1.29, 1.82) is 0 Å². The minimum absolute atomic E-state index is 0.552. The Morgan fingerprint density at radius 3 is 1.09 bits per heavy atom. The molecule has 10 rings (SSSR count). The van der Waals surface area contributed by atoms with Crippen LogP contribution in [0.15, 0.2) is 0 Å². The summed E-state index contributed by atoms with van der Waals surface area (Å²) in [4.78, 5) is 12.8. The van der Waals surface area contributed by atoms with Gasteiger partial charge in [-0.2, -0.15) is 0 Å². The summed E-state index contributed by atoms with van der Waals surface area (Å²) in [7, 11) is 0. The molecular formula is C68H117NO48. The molecule has 19 unspecified atom stereocenters. The second-order valence-electron chi connectivity index (χ2n) is 31.4. The molecule has 0 saturated carbocycles. The first-order chi connectivity index (χ1) is 55.3. The SMILES string of the molecule is CC1C(O)[C@H](O[C@@H]2OC(CO[C@]3(C(=O)O)C[C@@H](O)[C@@H](N)C([C@H](O)[C@H](O)CO)O3)[C@H](O)[C@H](O)C2O)[C@H](CO)O[C@H]1O[C@@H]1C(O)[C@H](O)C(CO)O[C@@H]1OCC1O[C@@H](O[C@@H]2C(CO)O[C@@H](O[C@@H]3C(CO)O[C@@H](C)[C@@H](C)C3O)[C@@H](C)C2O)[C@H](O)C(O[C@H]2O[C@H](CO)[C@@H](O)C(O)C2O[C@@H]2OC(CO)[C@@H](O[C@@H]3OC(CO)[C@H](O)C(O)[C@@H]3O)[C@H](O)C2C)[C@@H]1O. The van der Waals surface area contributed by atoms with E-state index < -0.39 is 390 Å². The fourth-order valence-electron chi connectivity index (χ4n) is 15.9. The molecule has 0 radical (unpaired) electrons. The molecule has 0 aromatic carbocycles. The van der Waals surface area contributed by atoms with E-state index in [1.807, 2.05) is 0 Å². The second kappa shape index (κ2) is 41.4. The normalized spacial score (nSPS) is 52.1. The molecule has 10 fully saturated rings. The van der Waals surface area contributed by atoms with E-state index in [9.17, 15) is 148 Å². The van der Waals surface area contributed by atoms with Crippen LogP contribution in [0.25, 0.3) is 0 Å². The lowest BCUT2D eigenvalue weighted by Crippen LogP contribution is -2.68. The lowest BCUT2D eigenvalue weighted by molar-refractivity contribution is -0.402. The van der Waals surface area contributed by atoms with Crippen LogP contribution in [0.4, 0.5) is 0 Å². The van der Waals surface area contributed by atoms with E-state index in [4.69, 9.17) is 95.7 Å². The van der Waals surface area contributed by atoms with Crippen LogP contribution in [0, 0.1) is 23.7 Å². The van der Waals surface area contributed by atoms with Gasteiger partial charge in [0, 0.05) is 30.1 Å². The average Bonchev–Trinajstić information content (AvgIpc) is 0.769. The Morgan fingerprint density at radius 1 is 0.350 bits per heavy atom. The van der Waals surface area contributed by atoms with Crippen molar-refractivity contribution in [3.05, 3.63) is 0 Å². The number of nitrogens with two attached hydrogens (primary N) is 1. The third-order valence-electron chi connectivity index (χ3n) is 23.7. The third-order valence-corrected chi connectivity index (χ3v) is 23.7. The van der Waals surface area contributed by atoms with Crippen molar-refractivity contribution in [1.82, 2.24) is 0 Å². The molecule has 51 atom stereocenters. The van der Waals surface area contributed by atoms with Crippen molar-refractivity contribution < 1.29 is 238 Å². The summed E-state index contributed by atoms with van der Waals surface area (Å²) in [6.45, 7) is -2.70. The van der Waals surface area contributed by atoms with Gasteiger partial charge < -0.3 is 239 Å². The first-order valence-corrected chi connectivity index (χ1v) is 38.5. The van der Waals surface area contributed by atoms with E-state index in [1.54, 1.807) is 13.8 Å². The van der Waals surface area contributed by atoms with E-state index in [2.05, 4.69) is 0 Å². The molecule has 49 heteroatoms. The smallest absolute Gasteiger partial charge is 0.364 e. The number of rotatable bonds is 31. The number of aliphatic carboxylic acids is 1. The van der Waals surface area contributed by atoms with E-state index in [0.717, 1.165) is 0 Å². The fourth-order valence-corrected chi connectivity index (χ4v) is 15.9. The van der Waals surface area contributed by atoms with Crippen molar-refractivity contribution in [2.45, 2.75) is 329 Å². The zero-order valence-electron chi connectivity index (χ0n) is 63.9. The molecule has 0 bridgehead atoms. The van der Waals surface area contributed by atoms with Gasteiger partial charge in [-0.3, -0.25) is 0 Å². The molecule has 10 aliphatic heterocycles. The Bertz CT molecular complexity index is 3020. The lowest BCUT2D eigenvalue weighted by atomic mass is 9.88. The highest BCUT2D eigenvalue weighted by Crippen LogP contribution is 2.43. The van der Waals surface area contributed by atoms with Crippen LogP contribution in [-0.4, -0.2) is 503 Å². The van der Waals surface area contributed by atoms with Crippen LogP contribution in [0.3, 0.4) is 0 Å². The van der Waals surface area contributed by atoms with Crippen molar-refractivity contribution in [2.24, 2.45) is 29.4 Å². The number of carbonyl (C=O) groups is 1. The van der Waals surface area contributed by atoms with Crippen molar-refractivity contribution in [3.63, 3.8) is 0 Å². The van der Waals surface area contributed by atoms with Crippen molar-refractivity contribution in [2.75, 3.05) is 66.1 Å². The van der Waals surface area contributed by atoms with Gasteiger partial charge in [0.15, 0.2) is 50.3 Å². The van der Waals surface area contributed by atoms with Crippen molar-refractivity contribution in [3.8, 4) is 0 Å². The van der Waals surface area contributed by atoms with Crippen LogP contribution >= 0.6 is 0 Å². The van der Waals surface area contributed by atoms with Gasteiger partial charge in [0.25, 0.3) is 5.79 Å². The van der Waals surface area contributed by atoms with Gasteiger partial charge in [-0.1, -0.05) is 27.7 Å². The summed E-state index contributed by atoms with van der Waals surface area (Å²) >= 11 is 0. The van der Waals surface area contributed by atoms with Gasteiger partial charge in [0.05, 0.1) is 109 Å². The number of hydrogen-bond donors (Lipinski definition) is 29. The van der Waals surface area contributed by atoms with Gasteiger partial charge in [-0.15, -0.1) is 0 Å². The molecule has 0 amide bonds. The summed E-state index contributed by atoms with van der Waals surface area (Å²) in [6, 6.07) is -1.56. The predicted molar refractivity (Wildman–Crippen MR) is 365 cm³/mol. The molecule has 117 heavy (non-hydrogen) atoms. The van der Waals surface area contributed by atoms with Crippen molar-refractivity contribution >= 4 is 5.97 Å². The zero-order chi connectivity index (χ0) is 86.2. The Morgan fingerprint density at radius 2 is 0.675 bits per heavy atom. The number of carboxylic acid groups (broad SMARTS) is 1. The van der Waals surface area contributed by atoms with Gasteiger partial charge in [0.1, 0.15) is 189 Å². The summed E-state index contributed by atoms with van der Waals surface area (Å²) in [5, 5.41) is 309. The maximum absolute atomic E-state index is 12.8.